The van der Waals surface area contributed by atoms with E-state index in [9.17, 15) is 18.0 Å². The molecule has 2 heterocycles. The van der Waals surface area contributed by atoms with Crippen molar-refractivity contribution in [3.63, 3.8) is 0 Å². The predicted molar refractivity (Wildman–Crippen MR) is 116 cm³/mol. The first-order chi connectivity index (χ1) is 15.2. The van der Waals surface area contributed by atoms with Crippen LogP contribution in [-0.4, -0.2) is 29.0 Å². The van der Waals surface area contributed by atoms with Gasteiger partial charge in [0, 0.05) is 17.5 Å². The average Bonchev–Trinajstić information content (AvgIpc) is 3.19. The number of anilines is 2. The van der Waals surface area contributed by atoms with Gasteiger partial charge in [0.05, 0.1) is 23.9 Å². The first-order valence-electron chi connectivity index (χ1n) is 9.49. The first kappa shape index (κ1) is 22.3. The molecule has 0 saturated carbocycles. The highest BCUT2D eigenvalue weighted by molar-refractivity contribution is 6.35. The molecular formula is C21H17Cl2F3N4O2. The molecule has 4 rings (SSSR count). The maximum Gasteiger partial charge on any atom is 0.410 e. The van der Waals surface area contributed by atoms with Crippen molar-refractivity contribution in [1.29, 1.82) is 0 Å². The molecule has 11 heteroatoms. The molecular weight excluding hydrogens is 468 g/mol. The third-order valence-electron chi connectivity index (χ3n) is 5.12. The number of hydrogen-bond donors (Lipinski definition) is 2. The minimum Gasteiger partial charge on any atom is -0.497 e. The van der Waals surface area contributed by atoms with Gasteiger partial charge in [-0.15, -0.1) is 0 Å². The number of carbonyl (C=O) groups is 1. The Labute approximate surface area is 191 Å². The van der Waals surface area contributed by atoms with Gasteiger partial charge >= 0.3 is 6.18 Å². The van der Waals surface area contributed by atoms with Crippen molar-refractivity contribution in [3.05, 3.63) is 69.8 Å². The lowest BCUT2D eigenvalue weighted by atomic mass is 9.97. The summed E-state index contributed by atoms with van der Waals surface area (Å²) in [6.45, 7) is 0. The average molecular weight is 485 g/mol. The van der Waals surface area contributed by atoms with Crippen LogP contribution in [0.3, 0.4) is 0 Å². The molecule has 1 aliphatic rings. The molecule has 2 N–H and O–H groups in total. The number of rotatable bonds is 4. The van der Waals surface area contributed by atoms with Crippen LogP contribution in [0.25, 0.3) is 0 Å². The van der Waals surface area contributed by atoms with Crippen molar-refractivity contribution in [2.75, 3.05) is 17.7 Å². The van der Waals surface area contributed by atoms with Crippen LogP contribution in [0.1, 0.15) is 34.6 Å². The minimum absolute atomic E-state index is 0.0849. The van der Waals surface area contributed by atoms with Gasteiger partial charge in [0.2, 0.25) is 0 Å². The second kappa shape index (κ2) is 8.55. The number of carbonyl (C=O) groups excluding carboxylic acids is 1. The normalized spacial score (nSPS) is 17.9. The largest absolute Gasteiger partial charge is 0.497 e. The van der Waals surface area contributed by atoms with Crippen LogP contribution in [-0.2, 0) is 0 Å². The van der Waals surface area contributed by atoms with Crippen LogP contribution < -0.4 is 15.4 Å². The number of fused-ring (bicyclic) bond motifs is 1. The van der Waals surface area contributed by atoms with Gasteiger partial charge in [0.25, 0.3) is 5.91 Å². The van der Waals surface area contributed by atoms with E-state index in [1.165, 1.54) is 25.3 Å². The van der Waals surface area contributed by atoms with Crippen molar-refractivity contribution in [2.45, 2.75) is 24.7 Å². The molecule has 1 aromatic heterocycles. The fourth-order valence-corrected chi connectivity index (χ4v) is 3.86. The zero-order chi connectivity index (χ0) is 23.0. The number of nitrogens with zero attached hydrogens (tertiary/aromatic N) is 2. The van der Waals surface area contributed by atoms with E-state index in [0.29, 0.717) is 16.3 Å². The van der Waals surface area contributed by atoms with E-state index < -0.39 is 24.2 Å². The number of benzene rings is 2. The van der Waals surface area contributed by atoms with Gasteiger partial charge in [-0.25, -0.2) is 4.68 Å². The number of amides is 1. The standard InChI is InChI=1S/C21H17Cl2F3N4O2/c1-32-13-5-2-11(3-6-13)15-9-18(21(24,25)26)30-19(27-15)10-17(29-30)20(31)28-16-8-12(22)4-7-14(16)23/h2-8,10,15,18,27H,9H2,1H3,(H,28,31)/t15-,18+/m1/s1. The van der Waals surface area contributed by atoms with Gasteiger partial charge in [0.1, 0.15) is 11.6 Å². The number of alkyl halides is 3. The minimum atomic E-state index is -4.56. The van der Waals surface area contributed by atoms with Gasteiger partial charge < -0.3 is 15.4 Å². The molecule has 168 valence electrons. The number of ether oxygens (including phenoxy) is 1. The van der Waals surface area contributed by atoms with Crippen LogP contribution in [0.4, 0.5) is 24.7 Å². The summed E-state index contributed by atoms with van der Waals surface area (Å²) in [6.07, 6.45) is -4.84. The zero-order valence-electron chi connectivity index (χ0n) is 16.6. The quantitative estimate of drug-likeness (QED) is 0.468. The highest BCUT2D eigenvalue weighted by atomic mass is 35.5. The first-order valence-corrected chi connectivity index (χ1v) is 10.2. The molecule has 0 bridgehead atoms. The Kier molecular flexibility index (Phi) is 5.96. The summed E-state index contributed by atoms with van der Waals surface area (Å²) in [5.41, 5.74) is 0.698. The van der Waals surface area contributed by atoms with E-state index in [4.69, 9.17) is 27.9 Å². The summed E-state index contributed by atoms with van der Waals surface area (Å²) < 4.78 is 47.4. The number of hydrogen-bond acceptors (Lipinski definition) is 4. The van der Waals surface area contributed by atoms with Gasteiger partial charge in [-0.2, -0.15) is 18.3 Å². The lowest BCUT2D eigenvalue weighted by Gasteiger charge is -2.33. The summed E-state index contributed by atoms with van der Waals surface area (Å²) >= 11 is 12.0. The summed E-state index contributed by atoms with van der Waals surface area (Å²) in [4.78, 5) is 12.7. The summed E-state index contributed by atoms with van der Waals surface area (Å²) in [5, 5.41) is 10.1. The molecule has 0 fully saturated rings. The van der Waals surface area contributed by atoms with Crippen LogP contribution in [0.5, 0.6) is 5.75 Å². The number of aromatic nitrogens is 2. The molecule has 0 spiro atoms. The van der Waals surface area contributed by atoms with Crippen molar-refractivity contribution < 1.29 is 22.7 Å². The zero-order valence-corrected chi connectivity index (χ0v) is 18.1. The van der Waals surface area contributed by atoms with Crippen LogP contribution in [0, 0.1) is 0 Å². The maximum absolute atomic E-state index is 13.8. The molecule has 0 radical (unpaired) electrons. The summed E-state index contributed by atoms with van der Waals surface area (Å²) in [7, 11) is 1.51. The molecule has 3 aromatic rings. The van der Waals surface area contributed by atoms with Gasteiger partial charge in [-0.05, 0) is 35.9 Å². The molecule has 0 saturated heterocycles. The molecule has 1 amide bonds. The second-order valence-corrected chi connectivity index (χ2v) is 8.04. The van der Waals surface area contributed by atoms with Crippen LogP contribution in [0.2, 0.25) is 10.0 Å². The van der Waals surface area contributed by atoms with E-state index in [1.807, 2.05) is 0 Å². The van der Waals surface area contributed by atoms with Crippen molar-refractivity contribution in [3.8, 4) is 5.75 Å². The highest BCUT2D eigenvalue weighted by Crippen LogP contribution is 2.43. The van der Waals surface area contributed by atoms with E-state index >= 15 is 0 Å². The Morgan fingerprint density at radius 3 is 2.56 bits per heavy atom. The molecule has 0 unspecified atom stereocenters. The highest BCUT2D eigenvalue weighted by Gasteiger charge is 2.46. The van der Waals surface area contributed by atoms with E-state index in [2.05, 4.69) is 15.7 Å². The molecule has 6 nitrogen and oxygen atoms in total. The molecule has 2 atom stereocenters. The lowest BCUT2D eigenvalue weighted by molar-refractivity contribution is -0.173. The van der Waals surface area contributed by atoms with Crippen LogP contribution in [0.15, 0.2) is 48.5 Å². The Balaban J connectivity index is 1.64. The Morgan fingerprint density at radius 2 is 1.91 bits per heavy atom. The third kappa shape index (κ3) is 4.49. The Hall–Kier alpha value is -2.91. The Morgan fingerprint density at radius 1 is 1.19 bits per heavy atom. The fraction of sp³-hybridized carbons (Fsp3) is 0.238. The number of methoxy groups -OCH3 is 1. The molecule has 0 aliphatic carbocycles. The number of nitrogens with one attached hydrogen (secondary N) is 2. The molecule has 2 aromatic carbocycles. The Bertz CT molecular complexity index is 1150. The maximum atomic E-state index is 13.8. The summed E-state index contributed by atoms with van der Waals surface area (Å²) in [6, 6.07) is 9.99. The van der Waals surface area contributed by atoms with E-state index in [-0.39, 0.29) is 28.6 Å². The van der Waals surface area contributed by atoms with Crippen molar-refractivity contribution in [1.82, 2.24) is 9.78 Å². The molecule has 1 aliphatic heterocycles. The predicted octanol–water partition coefficient (Wildman–Crippen LogP) is 6.11. The SMILES string of the molecule is COc1ccc([C@H]2C[C@@H](C(F)(F)F)n3nc(C(=O)Nc4cc(Cl)ccc4Cl)cc3N2)cc1. The van der Waals surface area contributed by atoms with Crippen molar-refractivity contribution >= 4 is 40.6 Å². The van der Waals surface area contributed by atoms with Gasteiger partial charge in [0.15, 0.2) is 11.7 Å². The lowest BCUT2D eigenvalue weighted by Crippen LogP contribution is -2.35. The number of halogens is 5. The van der Waals surface area contributed by atoms with Crippen LogP contribution >= 0.6 is 23.2 Å². The van der Waals surface area contributed by atoms with Crippen molar-refractivity contribution in [2.24, 2.45) is 0 Å². The van der Waals surface area contributed by atoms with E-state index in [1.54, 1.807) is 30.3 Å². The van der Waals surface area contributed by atoms with Gasteiger partial charge in [-0.1, -0.05) is 35.3 Å². The monoisotopic (exact) mass is 484 g/mol. The van der Waals surface area contributed by atoms with E-state index in [0.717, 1.165) is 4.68 Å². The molecule has 32 heavy (non-hydrogen) atoms. The second-order valence-electron chi connectivity index (χ2n) is 7.20. The van der Waals surface area contributed by atoms with Gasteiger partial charge in [-0.3, -0.25) is 4.79 Å². The topological polar surface area (TPSA) is 68.2 Å². The smallest absolute Gasteiger partial charge is 0.410 e. The summed E-state index contributed by atoms with van der Waals surface area (Å²) in [5.74, 6) is -0.0258. The fourth-order valence-electron chi connectivity index (χ4n) is 3.52. The third-order valence-corrected chi connectivity index (χ3v) is 5.68.